The molecule has 0 aliphatic heterocycles. The summed E-state index contributed by atoms with van der Waals surface area (Å²) in [6.07, 6.45) is -5.60. The highest BCUT2D eigenvalue weighted by Crippen LogP contribution is 2.44. The average Bonchev–Trinajstić information content (AvgIpc) is 2.07. The Morgan fingerprint density at radius 1 is 1.07 bits per heavy atom. The molecule has 0 atom stereocenters. The van der Waals surface area contributed by atoms with Gasteiger partial charge in [-0.05, 0) is 18.6 Å². The zero-order chi connectivity index (χ0) is 11.9. The Bertz CT molecular complexity index is 369. The van der Waals surface area contributed by atoms with Gasteiger partial charge in [0.15, 0.2) is 0 Å². The fourth-order valence-corrected chi connectivity index (χ4v) is 0.999. The number of anilines is 1. The van der Waals surface area contributed by atoms with Crippen LogP contribution in [0.1, 0.15) is 11.1 Å². The van der Waals surface area contributed by atoms with E-state index in [1.807, 2.05) is 0 Å². The van der Waals surface area contributed by atoms with Crippen molar-refractivity contribution in [2.45, 2.75) is 19.0 Å². The summed E-state index contributed by atoms with van der Waals surface area (Å²) in [7, 11) is 0. The molecule has 0 bridgehead atoms. The normalized spacial score (nSPS) is 12.9. The van der Waals surface area contributed by atoms with Crippen LogP contribution in [0.2, 0.25) is 0 Å². The first-order chi connectivity index (χ1) is 6.66. The van der Waals surface area contributed by atoms with Crippen LogP contribution in [-0.4, -0.2) is 6.18 Å². The molecular formula is C9H8F5N. The molecule has 0 fully saturated rings. The molecule has 0 saturated carbocycles. The third kappa shape index (κ3) is 2.03. The maximum Gasteiger partial charge on any atom is 0.458 e. The summed E-state index contributed by atoms with van der Waals surface area (Å²) in [6.45, 7) is 1.52. The molecule has 15 heavy (non-hydrogen) atoms. The third-order valence-electron chi connectivity index (χ3n) is 2.00. The van der Waals surface area contributed by atoms with Gasteiger partial charge >= 0.3 is 12.1 Å². The standard InChI is InChI=1S/C9H8F5N/c1-5-2-3-6(4-7(5)15)8(10,11)9(12,13)14/h2-4H,15H2,1H3. The van der Waals surface area contributed by atoms with Crippen molar-refractivity contribution in [1.82, 2.24) is 0 Å². The summed E-state index contributed by atoms with van der Waals surface area (Å²) in [4.78, 5) is 0. The number of hydrogen-bond acceptors (Lipinski definition) is 1. The molecule has 0 aliphatic rings. The highest BCUT2D eigenvalue weighted by Gasteiger charge is 2.58. The fraction of sp³-hybridized carbons (Fsp3) is 0.333. The predicted octanol–water partition coefficient (Wildman–Crippen LogP) is 3.23. The number of halogens is 5. The van der Waals surface area contributed by atoms with Gasteiger partial charge in [-0.1, -0.05) is 12.1 Å². The zero-order valence-electron chi connectivity index (χ0n) is 7.70. The second kappa shape index (κ2) is 3.36. The Labute approximate surface area is 82.7 Å². The van der Waals surface area contributed by atoms with Crippen molar-refractivity contribution in [2.24, 2.45) is 0 Å². The van der Waals surface area contributed by atoms with E-state index >= 15 is 0 Å². The maximum atomic E-state index is 12.8. The van der Waals surface area contributed by atoms with E-state index in [4.69, 9.17) is 5.73 Å². The van der Waals surface area contributed by atoms with E-state index in [1.165, 1.54) is 6.92 Å². The first-order valence-electron chi connectivity index (χ1n) is 3.97. The molecule has 0 aromatic heterocycles. The summed E-state index contributed by atoms with van der Waals surface area (Å²) in [6, 6.07) is 2.49. The predicted molar refractivity (Wildman–Crippen MR) is 45.5 cm³/mol. The van der Waals surface area contributed by atoms with Gasteiger partial charge in [-0.2, -0.15) is 22.0 Å². The maximum absolute atomic E-state index is 12.8. The summed E-state index contributed by atoms with van der Waals surface area (Å²) < 4.78 is 61.5. The van der Waals surface area contributed by atoms with E-state index in [2.05, 4.69) is 0 Å². The number of benzene rings is 1. The van der Waals surface area contributed by atoms with Crippen molar-refractivity contribution in [3.8, 4) is 0 Å². The van der Waals surface area contributed by atoms with Crippen LogP contribution in [0, 0.1) is 6.92 Å². The molecule has 0 radical (unpaired) electrons. The molecule has 0 heterocycles. The van der Waals surface area contributed by atoms with Crippen LogP contribution >= 0.6 is 0 Å². The highest BCUT2D eigenvalue weighted by molar-refractivity contribution is 5.49. The second-order valence-electron chi connectivity index (χ2n) is 3.14. The molecule has 84 valence electrons. The van der Waals surface area contributed by atoms with Crippen molar-refractivity contribution in [3.63, 3.8) is 0 Å². The third-order valence-corrected chi connectivity index (χ3v) is 2.00. The van der Waals surface area contributed by atoms with Crippen molar-refractivity contribution in [2.75, 3.05) is 5.73 Å². The number of aryl methyl sites for hydroxylation is 1. The number of hydrogen-bond donors (Lipinski definition) is 1. The van der Waals surface area contributed by atoms with Gasteiger partial charge < -0.3 is 5.73 Å². The lowest BCUT2D eigenvalue weighted by molar-refractivity contribution is -0.289. The molecule has 1 aromatic rings. The molecule has 1 rings (SSSR count). The molecule has 1 aromatic carbocycles. The molecule has 0 spiro atoms. The monoisotopic (exact) mass is 225 g/mol. The van der Waals surface area contributed by atoms with Gasteiger partial charge in [0.2, 0.25) is 0 Å². The minimum Gasteiger partial charge on any atom is -0.399 e. The van der Waals surface area contributed by atoms with E-state index in [9.17, 15) is 22.0 Å². The van der Waals surface area contributed by atoms with Gasteiger partial charge in [0.1, 0.15) is 0 Å². The fourth-order valence-electron chi connectivity index (χ4n) is 0.999. The molecule has 1 nitrogen and oxygen atoms in total. The van der Waals surface area contributed by atoms with E-state index in [0.717, 1.165) is 12.1 Å². The Balaban J connectivity index is 3.22. The van der Waals surface area contributed by atoms with Crippen LogP contribution in [0.4, 0.5) is 27.6 Å². The topological polar surface area (TPSA) is 26.0 Å². The molecule has 0 amide bonds. The Hall–Kier alpha value is -1.33. The SMILES string of the molecule is Cc1ccc(C(F)(F)C(F)(F)F)cc1N. The van der Waals surface area contributed by atoms with E-state index < -0.39 is 17.7 Å². The van der Waals surface area contributed by atoms with Crippen LogP contribution < -0.4 is 5.73 Å². The summed E-state index contributed by atoms with van der Waals surface area (Å²) >= 11 is 0. The van der Waals surface area contributed by atoms with Gasteiger partial charge in [0, 0.05) is 11.3 Å². The van der Waals surface area contributed by atoms with E-state index in [0.29, 0.717) is 11.6 Å². The first-order valence-corrected chi connectivity index (χ1v) is 3.97. The Morgan fingerprint density at radius 2 is 1.60 bits per heavy atom. The Kier molecular flexibility index (Phi) is 2.63. The first kappa shape index (κ1) is 11.7. The highest BCUT2D eigenvalue weighted by atomic mass is 19.4. The number of nitrogen functional groups attached to an aromatic ring is 1. The minimum atomic E-state index is -5.60. The number of rotatable bonds is 1. The van der Waals surface area contributed by atoms with Crippen molar-refractivity contribution < 1.29 is 22.0 Å². The Morgan fingerprint density at radius 3 is 2.00 bits per heavy atom. The van der Waals surface area contributed by atoms with Crippen molar-refractivity contribution >= 4 is 5.69 Å². The van der Waals surface area contributed by atoms with Gasteiger partial charge in [0.25, 0.3) is 0 Å². The van der Waals surface area contributed by atoms with Gasteiger partial charge in [-0.25, -0.2) is 0 Å². The number of alkyl halides is 5. The van der Waals surface area contributed by atoms with Gasteiger partial charge in [-0.15, -0.1) is 0 Å². The van der Waals surface area contributed by atoms with E-state index in [-0.39, 0.29) is 5.69 Å². The van der Waals surface area contributed by atoms with Crippen molar-refractivity contribution in [1.29, 1.82) is 0 Å². The molecule has 6 heteroatoms. The zero-order valence-corrected chi connectivity index (χ0v) is 7.70. The van der Waals surface area contributed by atoms with E-state index in [1.54, 1.807) is 0 Å². The molecule has 0 saturated heterocycles. The van der Waals surface area contributed by atoms with Crippen LogP contribution in [0.15, 0.2) is 18.2 Å². The molecular weight excluding hydrogens is 217 g/mol. The van der Waals surface area contributed by atoms with Crippen LogP contribution in [-0.2, 0) is 5.92 Å². The van der Waals surface area contributed by atoms with Crippen LogP contribution in [0.3, 0.4) is 0 Å². The van der Waals surface area contributed by atoms with Crippen LogP contribution in [0.5, 0.6) is 0 Å². The largest absolute Gasteiger partial charge is 0.458 e. The average molecular weight is 225 g/mol. The van der Waals surface area contributed by atoms with Gasteiger partial charge in [-0.3, -0.25) is 0 Å². The summed E-state index contributed by atoms with van der Waals surface area (Å²) in [5, 5.41) is 0. The molecule has 0 unspecified atom stereocenters. The van der Waals surface area contributed by atoms with Crippen molar-refractivity contribution in [3.05, 3.63) is 29.3 Å². The smallest absolute Gasteiger partial charge is 0.399 e. The second-order valence-corrected chi connectivity index (χ2v) is 3.14. The van der Waals surface area contributed by atoms with Crippen LogP contribution in [0.25, 0.3) is 0 Å². The lowest BCUT2D eigenvalue weighted by atomic mass is 10.0. The summed E-state index contributed by atoms with van der Waals surface area (Å²) in [5.74, 6) is -4.87. The quantitative estimate of drug-likeness (QED) is 0.576. The molecule has 0 aliphatic carbocycles. The molecule has 2 N–H and O–H groups in total. The minimum absolute atomic E-state index is 0.0866. The van der Waals surface area contributed by atoms with Gasteiger partial charge in [0.05, 0.1) is 0 Å². The number of nitrogens with two attached hydrogens (primary N) is 1. The summed E-state index contributed by atoms with van der Waals surface area (Å²) in [5.41, 5.74) is 4.49. The lowest BCUT2D eigenvalue weighted by Crippen LogP contribution is -2.33. The lowest BCUT2D eigenvalue weighted by Gasteiger charge is -2.20.